The van der Waals surface area contributed by atoms with E-state index in [-0.39, 0.29) is 11.3 Å². The molecule has 0 aromatic carbocycles. The van der Waals surface area contributed by atoms with Gasteiger partial charge in [0.15, 0.2) is 0 Å². The van der Waals surface area contributed by atoms with Gasteiger partial charge in [-0.15, -0.1) is 0 Å². The van der Waals surface area contributed by atoms with Gasteiger partial charge in [0.25, 0.3) is 0 Å². The summed E-state index contributed by atoms with van der Waals surface area (Å²) in [6.45, 7) is 4.32. The summed E-state index contributed by atoms with van der Waals surface area (Å²) in [5.74, 6) is 0.108. The zero-order valence-electron chi connectivity index (χ0n) is 9.56. The Labute approximate surface area is 94.0 Å². The lowest BCUT2D eigenvalue weighted by Crippen LogP contribution is -2.25. The van der Waals surface area contributed by atoms with E-state index in [4.69, 9.17) is 9.84 Å². The van der Waals surface area contributed by atoms with Gasteiger partial charge in [-0.2, -0.15) is 0 Å². The van der Waals surface area contributed by atoms with Crippen LogP contribution in [0.2, 0.25) is 0 Å². The van der Waals surface area contributed by atoms with Crippen LogP contribution in [0.4, 0.5) is 4.79 Å². The molecule has 0 aliphatic heterocycles. The van der Waals surface area contributed by atoms with E-state index in [0.29, 0.717) is 12.2 Å². The van der Waals surface area contributed by atoms with E-state index >= 15 is 0 Å². The highest BCUT2D eigenvalue weighted by Gasteiger charge is 2.26. The van der Waals surface area contributed by atoms with E-state index in [2.05, 4.69) is 9.72 Å². The highest BCUT2D eigenvalue weighted by atomic mass is 16.7. The molecule has 1 aromatic rings. The fourth-order valence-corrected chi connectivity index (χ4v) is 1.51. The number of ether oxygens (including phenoxy) is 2. The molecule has 16 heavy (non-hydrogen) atoms. The molecule has 0 atom stereocenters. The van der Waals surface area contributed by atoms with Crippen molar-refractivity contribution in [1.82, 2.24) is 4.98 Å². The third-order valence-electron chi connectivity index (χ3n) is 2.19. The minimum atomic E-state index is -1.37. The lowest BCUT2D eigenvalue weighted by Gasteiger charge is -2.24. The van der Waals surface area contributed by atoms with Crippen molar-refractivity contribution < 1.29 is 19.4 Å². The van der Waals surface area contributed by atoms with Crippen LogP contribution in [0, 0.1) is 0 Å². The fraction of sp³-hybridized carbons (Fsp3) is 0.455. The van der Waals surface area contributed by atoms with Crippen molar-refractivity contribution in [1.29, 1.82) is 0 Å². The van der Waals surface area contributed by atoms with E-state index in [1.54, 1.807) is 19.2 Å². The molecule has 0 saturated heterocycles. The number of carboxylic acid groups (broad SMARTS) is 1. The van der Waals surface area contributed by atoms with Gasteiger partial charge in [-0.3, -0.25) is 0 Å². The molecule has 0 unspecified atom stereocenters. The number of hydrogen-bond donors (Lipinski definition) is 1. The van der Waals surface area contributed by atoms with E-state index in [0.717, 1.165) is 0 Å². The number of rotatable bonds is 4. The van der Waals surface area contributed by atoms with E-state index in [9.17, 15) is 4.79 Å². The number of nitrogens with zero attached hydrogens (tertiary/aromatic N) is 1. The fourth-order valence-electron chi connectivity index (χ4n) is 1.51. The summed E-state index contributed by atoms with van der Waals surface area (Å²) < 4.78 is 9.72. The highest BCUT2D eigenvalue weighted by molar-refractivity contribution is 5.61. The molecule has 1 N–H and O–H groups in total. The molecule has 0 amide bonds. The van der Waals surface area contributed by atoms with Crippen LogP contribution in [0.5, 0.6) is 5.88 Å². The summed E-state index contributed by atoms with van der Waals surface area (Å²) in [5.41, 5.74) is 0.354. The zero-order valence-corrected chi connectivity index (χ0v) is 9.56. The lowest BCUT2D eigenvalue weighted by atomic mass is 9.86. The maximum absolute atomic E-state index is 10.5. The van der Waals surface area contributed by atoms with Gasteiger partial charge in [0.1, 0.15) is 0 Å². The van der Waals surface area contributed by atoms with Gasteiger partial charge in [0.2, 0.25) is 5.88 Å². The molecule has 0 aliphatic rings. The van der Waals surface area contributed by atoms with Crippen LogP contribution in [0.15, 0.2) is 18.3 Å². The van der Waals surface area contributed by atoms with Crippen LogP contribution in [0.3, 0.4) is 0 Å². The third-order valence-corrected chi connectivity index (χ3v) is 2.19. The number of carbonyl (C=O) groups is 1. The van der Waals surface area contributed by atoms with Gasteiger partial charge in [0.05, 0.1) is 6.61 Å². The lowest BCUT2D eigenvalue weighted by molar-refractivity contribution is 0.133. The Morgan fingerprint density at radius 2 is 2.25 bits per heavy atom. The minimum Gasteiger partial charge on any atom is -0.449 e. The summed E-state index contributed by atoms with van der Waals surface area (Å²) in [6.07, 6.45) is 0.123. The molecule has 0 aliphatic carbocycles. The maximum Gasteiger partial charge on any atom is 0.512 e. The standard InChI is InChI=1S/C11H15NO4/c1-11(2,7-15-3)8-5-4-6-12-9(8)16-10(13)14/h4-6H,7H2,1-3H3,(H,13,14). The SMILES string of the molecule is COCC(C)(C)c1cccnc1OC(=O)O. The first kappa shape index (κ1) is 12.4. The molecule has 0 saturated carbocycles. The second-order valence-electron chi connectivity index (χ2n) is 4.04. The van der Waals surface area contributed by atoms with E-state index in [1.807, 2.05) is 13.8 Å². The van der Waals surface area contributed by atoms with Gasteiger partial charge in [-0.1, -0.05) is 19.9 Å². The van der Waals surface area contributed by atoms with Crippen LogP contribution < -0.4 is 4.74 Å². The van der Waals surface area contributed by atoms with Gasteiger partial charge in [0, 0.05) is 24.3 Å². The Balaban J connectivity index is 3.07. The molecular formula is C11H15NO4. The summed E-state index contributed by atoms with van der Waals surface area (Å²) in [7, 11) is 1.59. The molecule has 1 aromatic heterocycles. The summed E-state index contributed by atoms with van der Waals surface area (Å²) in [5, 5.41) is 8.59. The average molecular weight is 225 g/mol. The van der Waals surface area contributed by atoms with Crippen molar-refractivity contribution in [3.63, 3.8) is 0 Å². The number of pyridine rings is 1. The minimum absolute atomic E-state index is 0.108. The predicted octanol–water partition coefficient (Wildman–Crippen LogP) is 2.06. The normalized spacial score (nSPS) is 11.2. The topological polar surface area (TPSA) is 68.7 Å². The largest absolute Gasteiger partial charge is 0.512 e. The quantitative estimate of drug-likeness (QED) is 0.794. The molecule has 0 spiro atoms. The molecule has 5 nitrogen and oxygen atoms in total. The molecule has 5 heteroatoms. The van der Waals surface area contributed by atoms with Crippen molar-refractivity contribution >= 4 is 6.16 Å². The van der Waals surface area contributed by atoms with Crippen LogP contribution >= 0.6 is 0 Å². The Kier molecular flexibility index (Phi) is 3.84. The molecule has 0 radical (unpaired) electrons. The van der Waals surface area contributed by atoms with Crippen LogP contribution in [-0.4, -0.2) is 30.0 Å². The van der Waals surface area contributed by atoms with Gasteiger partial charge < -0.3 is 14.6 Å². The van der Waals surface area contributed by atoms with Crippen molar-refractivity contribution in [3.8, 4) is 5.88 Å². The van der Waals surface area contributed by atoms with Crippen molar-refractivity contribution in [2.75, 3.05) is 13.7 Å². The van der Waals surface area contributed by atoms with E-state index in [1.165, 1.54) is 6.20 Å². The monoisotopic (exact) mass is 225 g/mol. The third kappa shape index (κ3) is 2.93. The van der Waals surface area contributed by atoms with Crippen LogP contribution in [-0.2, 0) is 10.2 Å². The molecule has 88 valence electrons. The second-order valence-corrected chi connectivity index (χ2v) is 4.04. The smallest absolute Gasteiger partial charge is 0.449 e. The zero-order chi connectivity index (χ0) is 12.2. The van der Waals surface area contributed by atoms with Gasteiger partial charge in [-0.05, 0) is 6.07 Å². The number of aromatic nitrogens is 1. The summed E-state index contributed by atoms with van der Waals surface area (Å²) >= 11 is 0. The highest BCUT2D eigenvalue weighted by Crippen LogP contribution is 2.30. The Morgan fingerprint density at radius 1 is 1.56 bits per heavy atom. The maximum atomic E-state index is 10.5. The molecule has 0 fully saturated rings. The first-order valence-electron chi connectivity index (χ1n) is 4.82. The van der Waals surface area contributed by atoms with Gasteiger partial charge >= 0.3 is 6.16 Å². The number of hydrogen-bond acceptors (Lipinski definition) is 4. The van der Waals surface area contributed by atoms with Crippen molar-refractivity contribution in [2.24, 2.45) is 0 Å². The molecule has 1 heterocycles. The second kappa shape index (κ2) is 4.94. The number of methoxy groups -OCH3 is 1. The molecule has 0 bridgehead atoms. The van der Waals surface area contributed by atoms with Crippen LogP contribution in [0.25, 0.3) is 0 Å². The molecule has 1 rings (SSSR count). The average Bonchev–Trinajstić information content (AvgIpc) is 2.17. The molecular weight excluding hydrogens is 210 g/mol. The Morgan fingerprint density at radius 3 is 2.81 bits per heavy atom. The Bertz CT molecular complexity index is 376. The van der Waals surface area contributed by atoms with E-state index < -0.39 is 6.16 Å². The van der Waals surface area contributed by atoms with Crippen LogP contribution in [0.1, 0.15) is 19.4 Å². The predicted molar refractivity (Wildman–Crippen MR) is 57.8 cm³/mol. The van der Waals surface area contributed by atoms with Gasteiger partial charge in [-0.25, -0.2) is 9.78 Å². The van der Waals surface area contributed by atoms with Crippen molar-refractivity contribution in [3.05, 3.63) is 23.9 Å². The first-order valence-corrected chi connectivity index (χ1v) is 4.82. The first-order chi connectivity index (χ1) is 7.47. The summed E-state index contributed by atoms with van der Waals surface area (Å²) in [6, 6.07) is 3.52. The summed E-state index contributed by atoms with van der Waals surface area (Å²) in [4.78, 5) is 14.4. The Hall–Kier alpha value is -1.62. The van der Waals surface area contributed by atoms with Crippen molar-refractivity contribution in [2.45, 2.75) is 19.3 Å².